The van der Waals surface area contributed by atoms with Crippen molar-refractivity contribution in [1.82, 2.24) is 9.55 Å². The van der Waals surface area contributed by atoms with Gasteiger partial charge >= 0.3 is 5.69 Å². The predicted molar refractivity (Wildman–Crippen MR) is 68.8 cm³/mol. The van der Waals surface area contributed by atoms with E-state index in [4.69, 9.17) is 16.3 Å². The Morgan fingerprint density at radius 3 is 2.53 bits per heavy atom. The average Bonchev–Trinajstić information content (AvgIpc) is 2.38. The molecule has 0 saturated heterocycles. The van der Waals surface area contributed by atoms with Crippen molar-refractivity contribution >= 4 is 11.6 Å². The van der Waals surface area contributed by atoms with Gasteiger partial charge in [0.1, 0.15) is 5.75 Å². The molecule has 1 N–H and O–H groups in total. The van der Waals surface area contributed by atoms with Crippen molar-refractivity contribution in [2.45, 2.75) is 6.92 Å². The minimum Gasteiger partial charge on any atom is -0.494 e. The molecule has 0 spiro atoms. The van der Waals surface area contributed by atoms with E-state index < -0.39 is 22.2 Å². The average molecular weight is 285 g/mol. The lowest BCUT2D eigenvalue weighted by atomic mass is 10.3. The first-order valence-electron chi connectivity index (χ1n) is 5.48. The maximum atomic E-state index is 13.4. The molecule has 0 saturated carbocycles. The van der Waals surface area contributed by atoms with Gasteiger partial charge in [0.2, 0.25) is 5.82 Å². The van der Waals surface area contributed by atoms with Crippen molar-refractivity contribution < 1.29 is 9.13 Å². The first kappa shape index (κ1) is 13.4. The number of rotatable bonds is 3. The Balaban J connectivity index is 2.56. The second kappa shape index (κ2) is 5.27. The lowest BCUT2D eigenvalue weighted by Gasteiger charge is -2.07. The Morgan fingerprint density at radius 2 is 1.95 bits per heavy atom. The van der Waals surface area contributed by atoms with E-state index in [2.05, 4.69) is 4.98 Å². The number of H-pyrrole nitrogens is 1. The normalized spacial score (nSPS) is 10.5. The van der Waals surface area contributed by atoms with E-state index in [0.717, 1.165) is 0 Å². The molecule has 1 aromatic carbocycles. The molecule has 0 aliphatic carbocycles. The molecule has 0 bridgehead atoms. The summed E-state index contributed by atoms with van der Waals surface area (Å²) in [5.41, 5.74) is -1.68. The fourth-order valence-electron chi connectivity index (χ4n) is 1.58. The maximum absolute atomic E-state index is 13.4. The van der Waals surface area contributed by atoms with Crippen LogP contribution in [0.4, 0.5) is 4.39 Å². The zero-order chi connectivity index (χ0) is 14.0. The predicted octanol–water partition coefficient (Wildman–Crippen LogP) is 1.72. The first-order valence-corrected chi connectivity index (χ1v) is 5.86. The van der Waals surface area contributed by atoms with Gasteiger partial charge in [-0.3, -0.25) is 9.78 Å². The number of aromatic amines is 1. The summed E-state index contributed by atoms with van der Waals surface area (Å²) in [5.74, 6) is -0.611. The second-order valence-electron chi connectivity index (χ2n) is 3.63. The number of ether oxygens (including phenoxy) is 1. The molecule has 2 rings (SSSR count). The lowest BCUT2D eigenvalue weighted by Crippen LogP contribution is -2.35. The van der Waals surface area contributed by atoms with Crippen molar-refractivity contribution in [3.05, 3.63) is 56.1 Å². The van der Waals surface area contributed by atoms with Crippen LogP contribution in [-0.2, 0) is 0 Å². The van der Waals surface area contributed by atoms with Gasteiger partial charge in [0.15, 0.2) is 5.15 Å². The van der Waals surface area contributed by atoms with E-state index in [-0.39, 0.29) is 5.69 Å². The highest BCUT2D eigenvalue weighted by Gasteiger charge is 2.13. The number of hydrogen-bond donors (Lipinski definition) is 1. The van der Waals surface area contributed by atoms with E-state index in [1.54, 1.807) is 12.1 Å². The van der Waals surface area contributed by atoms with Crippen LogP contribution in [0, 0.1) is 5.82 Å². The Morgan fingerprint density at radius 1 is 1.32 bits per heavy atom. The molecule has 0 fully saturated rings. The van der Waals surface area contributed by atoms with Gasteiger partial charge in [0, 0.05) is 0 Å². The van der Waals surface area contributed by atoms with Crippen LogP contribution in [0.25, 0.3) is 5.69 Å². The van der Waals surface area contributed by atoms with Crippen molar-refractivity contribution in [3.63, 3.8) is 0 Å². The third-order valence-corrected chi connectivity index (χ3v) is 2.67. The first-order chi connectivity index (χ1) is 9.04. The van der Waals surface area contributed by atoms with Gasteiger partial charge in [0.05, 0.1) is 12.3 Å². The molecule has 5 nitrogen and oxygen atoms in total. The number of nitrogens with zero attached hydrogens (tertiary/aromatic N) is 1. The quantitative estimate of drug-likeness (QED) is 0.873. The lowest BCUT2D eigenvalue weighted by molar-refractivity contribution is 0.340. The maximum Gasteiger partial charge on any atom is 0.334 e. The summed E-state index contributed by atoms with van der Waals surface area (Å²) in [4.78, 5) is 25.4. The molecule has 0 unspecified atom stereocenters. The molecule has 1 aromatic heterocycles. The van der Waals surface area contributed by atoms with Crippen LogP contribution in [0.15, 0.2) is 33.9 Å². The SMILES string of the molecule is CCOc1ccc(-n2c(=O)[nH]c(Cl)c(F)c2=O)cc1. The van der Waals surface area contributed by atoms with Gasteiger partial charge in [-0.05, 0) is 31.2 Å². The number of aromatic nitrogens is 2. The summed E-state index contributed by atoms with van der Waals surface area (Å²) in [7, 11) is 0. The van der Waals surface area contributed by atoms with Crippen LogP contribution in [0.5, 0.6) is 5.75 Å². The van der Waals surface area contributed by atoms with Gasteiger partial charge < -0.3 is 4.74 Å². The van der Waals surface area contributed by atoms with Crippen LogP contribution in [0.3, 0.4) is 0 Å². The van der Waals surface area contributed by atoms with Crippen molar-refractivity contribution in [2.24, 2.45) is 0 Å². The highest BCUT2D eigenvalue weighted by atomic mass is 35.5. The van der Waals surface area contributed by atoms with E-state index in [9.17, 15) is 14.0 Å². The third kappa shape index (κ3) is 2.53. The van der Waals surface area contributed by atoms with Gasteiger partial charge in [-0.1, -0.05) is 11.6 Å². The highest BCUT2D eigenvalue weighted by Crippen LogP contribution is 2.13. The molecular formula is C12H10ClFN2O3. The van der Waals surface area contributed by atoms with Crippen LogP contribution in [-0.4, -0.2) is 16.2 Å². The van der Waals surface area contributed by atoms with Crippen LogP contribution < -0.4 is 16.0 Å². The molecule has 0 aliphatic rings. The summed E-state index contributed by atoms with van der Waals surface area (Å²) in [6.07, 6.45) is 0. The summed E-state index contributed by atoms with van der Waals surface area (Å²) < 4.78 is 19.3. The Bertz CT molecular complexity index is 706. The zero-order valence-electron chi connectivity index (χ0n) is 9.94. The van der Waals surface area contributed by atoms with Gasteiger partial charge in [-0.2, -0.15) is 4.39 Å². The summed E-state index contributed by atoms with van der Waals surface area (Å²) >= 11 is 5.38. The fourth-order valence-corrected chi connectivity index (χ4v) is 1.74. The summed E-state index contributed by atoms with van der Waals surface area (Å²) in [5, 5.41) is -0.600. The molecule has 19 heavy (non-hydrogen) atoms. The third-order valence-electron chi connectivity index (χ3n) is 2.41. The fraction of sp³-hybridized carbons (Fsp3) is 0.167. The van der Waals surface area contributed by atoms with Gasteiger partial charge in [-0.15, -0.1) is 0 Å². The van der Waals surface area contributed by atoms with Crippen LogP contribution in [0.1, 0.15) is 6.92 Å². The minimum atomic E-state index is -1.20. The van der Waals surface area contributed by atoms with Gasteiger partial charge in [-0.25, -0.2) is 9.36 Å². The summed E-state index contributed by atoms with van der Waals surface area (Å²) in [6.45, 7) is 2.33. The molecule has 1 heterocycles. The highest BCUT2D eigenvalue weighted by molar-refractivity contribution is 6.29. The molecule has 2 aromatic rings. The standard InChI is InChI=1S/C12H10ClFN2O3/c1-2-19-8-5-3-7(4-6-8)16-11(17)9(14)10(13)15-12(16)18/h3-6H,2H2,1H3,(H,15,18). The van der Waals surface area contributed by atoms with Crippen molar-refractivity contribution in [1.29, 1.82) is 0 Å². The second-order valence-corrected chi connectivity index (χ2v) is 4.00. The number of hydrogen-bond acceptors (Lipinski definition) is 3. The monoisotopic (exact) mass is 284 g/mol. The number of benzene rings is 1. The molecule has 0 atom stereocenters. The van der Waals surface area contributed by atoms with Crippen LogP contribution in [0.2, 0.25) is 5.15 Å². The Hall–Kier alpha value is -2.08. The van der Waals surface area contributed by atoms with Crippen molar-refractivity contribution in [3.8, 4) is 11.4 Å². The van der Waals surface area contributed by atoms with E-state index in [1.807, 2.05) is 6.92 Å². The van der Waals surface area contributed by atoms with E-state index in [1.165, 1.54) is 12.1 Å². The van der Waals surface area contributed by atoms with Crippen LogP contribution >= 0.6 is 11.6 Å². The molecule has 0 amide bonds. The minimum absolute atomic E-state index is 0.227. The van der Waals surface area contributed by atoms with E-state index >= 15 is 0 Å². The molecule has 0 aliphatic heterocycles. The molecular weight excluding hydrogens is 275 g/mol. The topological polar surface area (TPSA) is 64.1 Å². The van der Waals surface area contributed by atoms with Gasteiger partial charge in [0.25, 0.3) is 5.56 Å². The number of nitrogens with one attached hydrogen (secondary N) is 1. The number of halogens is 2. The zero-order valence-corrected chi connectivity index (χ0v) is 10.7. The molecule has 0 radical (unpaired) electrons. The van der Waals surface area contributed by atoms with Crippen molar-refractivity contribution in [2.75, 3.05) is 6.61 Å². The smallest absolute Gasteiger partial charge is 0.334 e. The summed E-state index contributed by atoms with van der Waals surface area (Å²) in [6, 6.07) is 6.12. The largest absolute Gasteiger partial charge is 0.494 e. The Labute approximate surface area is 112 Å². The molecule has 100 valence electrons. The van der Waals surface area contributed by atoms with E-state index in [0.29, 0.717) is 16.9 Å². The Kier molecular flexibility index (Phi) is 3.71. The molecule has 7 heteroatoms.